The first kappa shape index (κ1) is 17.5. The minimum Gasteiger partial charge on any atom is -0.496 e. The van der Waals surface area contributed by atoms with Gasteiger partial charge >= 0.3 is 0 Å². The Morgan fingerprint density at radius 3 is 2.92 bits per heavy atom. The number of aromatic nitrogens is 3. The normalized spacial score (nSPS) is 21.2. The highest BCUT2D eigenvalue weighted by Crippen LogP contribution is 2.25. The number of rotatable bonds is 4. The summed E-state index contributed by atoms with van der Waals surface area (Å²) >= 11 is 0. The molecule has 0 saturated carbocycles. The smallest absolute Gasteiger partial charge is 0.150 e. The Balaban J connectivity index is 1.46. The number of methoxy groups -OCH3 is 1. The highest BCUT2D eigenvalue weighted by molar-refractivity contribution is 5.37. The summed E-state index contributed by atoms with van der Waals surface area (Å²) in [7, 11) is 1.76. The van der Waals surface area contributed by atoms with Gasteiger partial charge in [0.25, 0.3) is 0 Å². The summed E-state index contributed by atoms with van der Waals surface area (Å²) in [6.45, 7) is 7.09. The highest BCUT2D eigenvalue weighted by Gasteiger charge is 2.25. The van der Waals surface area contributed by atoms with Crippen LogP contribution in [0.25, 0.3) is 0 Å². The van der Waals surface area contributed by atoms with Crippen LogP contribution in [0.2, 0.25) is 0 Å². The molecular weight excluding hydrogens is 326 g/mol. The second kappa shape index (κ2) is 7.76. The fourth-order valence-corrected chi connectivity index (χ4v) is 4.10. The van der Waals surface area contributed by atoms with Gasteiger partial charge in [-0.3, -0.25) is 4.90 Å². The van der Waals surface area contributed by atoms with Crippen LogP contribution in [0.4, 0.5) is 0 Å². The lowest BCUT2D eigenvalue weighted by Crippen LogP contribution is -2.30. The van der Waals surface area contributed by atoms with Crippen LogP contribution in [0.5, 0.6) is 5.75 Å². The van der Waals surface area contributed by atoms with E-state index in [1.807, 2.05) is 0 Å². The van der Waals surface area contributed by atoms with Gasteiger partial charge in [-0.05, 0) is 37.9 Å². The quantitative estimate of drug-likeness (QED) is 0.913. The molecule has 2 aliphatic heterocycles. The number of nitrogens with one attached hydrogen (secondary N) is 1. The Labute approximate surface area is 155 Å². The average Bonchev–Trinajstić information content (AvgIpc) is 2.98. The van der Waals surface area contributed by atoms with Crippen molar-refractivity contribution in [3.05, 3.63) is 41.0 Å². The van der Waals surface area contributed by atoms with Gasteiger partial charge in [0.2, 0.25) is 0 Å². The molecular formula is C20H29N5O. The van der Waals surface area contributed by atoms with Crippen LogP contribution in [0.1, 0.15) is 48.1 Å². The number of benzene rings is 1. The zero-order valence-electron chi connectivity index (χ0n) is 15.9. The molecule has 1 aromatic carbocycles. The van der Waals surface area contributed by atoms with Crippen LogP contribution in [0.3, 0.4) is 0 Å². The fraction of sp³-hybridized carbons (Fsp3) is 0.600. The van der Waals surface area contributed by atoms with Crippen LogP contribution < -0.4 is 10.1 Å². The topological polar surface area (TPSA) is 55.2 Å². The minimum atomic E-state index is 0.369. The molecule has 1 aromatic heterocycles. The number of aryl methyl sites for hydroxylation is 1. The van der Waals surface area contributed by atoms with Gasteiger partial charge in [-0.1, -0.05) is 18.6 Å². The summed E-state index contributed by atoms with van der Waals surface area (Å²) in [5.41, 5.74) is 2.49. The van der Waals surface area contributed by atoms with Crippen LogP contribution in [-0.2, 0) is 19.5 Å². The van der Waals surface area contributed by atoms with Crippen LogP contribution >= 0.6 is 0 Å². The lowest BCUT2D eigenvalue weighted by atomic mass is 10.0. The molecule has 1 atom stereocenters. The maximum atomic E-state index is 5.58. The first-order chi connectivity index (χ1) is 12.7. The van der Waals surface area contributed by atoms with E-state index in [1.165, 1.54) is 30.4 Å². The van der Waals surface area contributed by atoms with Crippen molar-refractivity contribution in [2.75, 3.05) is 26.7 Å². The lowest BCUT2D eigenvalue weighted by Gasteiger charge is -2.24. The Hall–Kier alpha value is -1.92. The first-order valence-corrected chi connectivity index (χ1v) is 9.76. The van der Waals surface area contributed by atoms with Crippen molar-refractivity contribution in [2.45, 2.75) is 51.7 Å². The molecule has 2 aromatic rings. The van der Waals surface area contributed by atoms with Crippen molar-refractivity contribution < 1.29 is 4.74 Å². The van der Waals surface area contributed by atoms with Crippen LogP contribution in [0.15, 0.2) is 18.2 Å². The second-order valence-corrected chi connectivity index (χ2v) is 7.47. The second-order valence-electron chi connectivity index (χ2n) is 7.47. The lowest BCUT2D eigenvalue weighted by molar-refractivity contribution is 0.264. The van der Waals surface area contributed by atoms with E-state index in [4.69, 9.17) is 4.74 Å². The van der Waals surface area contributed by atoms with E-state index in [1.54, 1.807) is 7.11 Å². The van der Waals surface area contributed by atoms with E-state index in [0.717, 1.165) is 56.5 Å². The van der Waals surface area contributed by atoms with Crippen molar-refractivity contribution in [1.82, 2.24) is 25.0 Å². The Morgan fingerprint density at radius 1 is 1.19 bits per heavy atom. The number of ether oxygens (including phenoxy) is 1. The molecule has 140 valence electrons. The van der Waals surface area contributed by atoms with E-state index in [9.17, 15) is 0 Å². The van der Waals surface area contributed by atoms with Crippen molar-refractivity contribution in [3.63, 3.8) is 0 Å². The molecule has 6 heteroatoms. The number of fused-ring (bicyclic) bond motifs is 1. The van der Waals surface area contributed by atoms with E-state index in [-0.39, 0.29) is 0 Å². The molecule has 0 aliphatic carbocycles. The minimum absolute atomic E-state index is 0.369. The maximum Gasteiger partial charge on any atom is 0.150 e. The molecule has 6 nitrogen and oxygen atoms in total. The number of nitrogens with zero attached hydrogens (tertiary/aromatic N) is 4. The van der Waals surface area contributed by atoms with Crippen LogP contribution in [-0.4, -0.2) is 46.4 Å². The SMILES string of the molecule is COc1cc(C)ccc1CN1CCc2nnc(C3CCCCN3)n2CC1. The summed E-state index contributed by atoms with van der Waals surface area (Å²) in [6, 6.07) is 6.84. The molecule has 1 fully saturated rings. The Bertz CT molecular complexity index is 751. The van der Waals surface area contributed by atoms with E-state index >= 15 is 0 Å². The van der Waals surface area contributed by atoms with E-state index in [2.05, 4.69) is 50.1 Å². The first-order valence-electron chi connectivity index (χ1n) is 9.76. The highest BCUT2D eigenvalue weighted by atomic mass is 16.5. The zero-order chi connectivity index (χ0) is 17.9. The molecule has 1 saturated heterocycles. The largest absolute Gasteiger partial charge is 0.496 e. The third-order valence-electron chi connectivity index (χ3n) is 5.61. The predicted molar refractivity (Wildman–Crippen MR) is 101 cm³/mol. The number of hydrogen-bond donors (Lipinski definition) is 1. The molecule has 0 amide bonds. The van der Waals surface area contributed by atoms with Gasteiger partial charge < -0.3 is 14.6 Å². The summed E-state index contributed by atoms with van der Waals surface area (Å²) in [5.74, 6) is 3.25. The molecule has 1 N–H and O–H groups in total. The average molecular weight is 355 g/mol. The predicted octanol–water partition coefficient (Wildman–Crippen LogP) is 2.47. The van der Waals surface area contributed by atoms with E-state index < -0.39 is 0 Å². The third-order valence-corrected chi connectivity index (χ3v) is 5.61. The monoisotopic (exact) mass is 355 g/mol. The molecule has 0 radical (unpaired) electrons. The molecule has 4 rings (SSSR count). The molecule has 1 unspecified atom stereocenters. The summed E-state index contributed by atoms with van der Waals surface area (Å²) in [6.07, 6.45) is 4.67. The van der Waals surface area contributed by atoms with Crippen molar-refractivity contribution >= 4 is 0 Å². The van der Waals surface area contributed by atoms with Gasteiger partial charge in [-0.25, -0.2) is 0 Å². The van der Waals surface area contributed by atoms with Gasteiger partial charge in [0.15, 0.2) is 0 Å². The molecule has 0 spiro atoms. The molecule has 0 bridgehead atoms. The van der Waals surface area contributed by atoms with Gasteiger partial charge in [0.05, 0.1) is 13.2 Å². The van der Waals surface area contributed by atoms with Crippen molar-refractivity contribution in [3.8, 4) is 5.75 Å². The standard InChI is InChI=1S/C20H29N5O/c1-15-6-7-16(18(13-15)26-2)14-24-10-8-19-22-23-20(25(19)12-11-24)17-5-3-4-9-21-17/h6-7,13,17,21H,3-5,8-12,14H2,1-2H3. The molecule has 2 aliphatic rings. The Kier molecular flexibility index (Phi) is 5.22. The maximum absolute atomic E-state index is 5.58. The molecule has 26 heavy (non-hydrogen) atoms. The summed E-state index contributed by atoms with van der Waals surface area (Å²) < 4.78 is 7.94. The van der Waals surface area contributed by atoms with Gasteiger partial charge in [-0.2, -0.15) is 0 Å². The molecule has 3 heterocycles. The summed E-state index contributed by atoms with van der Waals surface area (Å²) in [4.78, 5) is 2.50. The third kappa shape index (κ3) is 3.62. The van der Waals surface area contributed by atoms with Gasteiger partial charge in [0, 0.05) is 38.2 Å². The van der Waals surface area contributed by atoms with Crippen molar-refractivity contribution in [1.29, 1.82) is 0 Å². The van der Waals surface area contributed by atoms with Gasteiger partial charge in [0.1, 0.15) is 17.4 Å². The van der Waals surface area contributed by atoms with Crippen LogP contribution in [0, 0.1) is 6.92 Å². The number of piperidine rings is 1. The number of hydrogen-bond acceptors (Lipinski definition) is 5. The summed E-state index contributed by atoms with van der Waals surface area (Å²) in [5, 5.41) is 12.6. The van der Waals surface area contributed by atoms with E-state index in [0.29, 0.717) is 6.04 Å². The Morgan fingerprint density at radius 2 is 2.12 bits per heavy atom. The van der Waals surface area contributed by atoms with Crippen molar-refractivity contribution in [2.24, 2.45) is 0 Å². The fourth-order valence-electron chi connectivity index (χ4n) is 4.10. The van der Waals surface area contributed by atoms with Gasteiger partial charge in [-0.15, -0.1) is 10.2 Å². The zero-order valence-corrected chi connectivity index (χ0v) is 15.9.